The lowest BCUT2D eigenvalue weighted by Crippen LogP contribution is -2.35. The lowest BCUT2D eigenvalue weighted by Gasteiger charge is -2.09. The third-order valence-electron chi connectivity index (χ3n) is 2.59. The third-order valence-corrected chi connectivity index (χ3v) is 2.59. The van der Waals surface area contributed by atoms with E-state index >= 15 is 0 Å². The van der Waals surface area contributed by atoms with Gasteiger partial charge in [0.25, 0.3) is 11.5 Å². The zero-order valence-corrected chi connectivity index (χ0v) is 10.6. The smallest absolute Gasteiger partial charge is 0.270 e. The van der Waals surface area contributed by atoms with Gasteiger partial charge < -0.3 is 5.32 Å². The maximum Gasteiger partial charge on any atom is 0.270 e. The zero-order valence-electron chi connectivity index (χ0n) is 10.6. The van der Waals surface area contributed by atoms with Crippen molar-refractivity contribution in [3.05, 3.63) is 46.0 Å². The first-order chi connectivity index (χ1) is 8.50. The Hall–Kier alpha value is -2.17. The van der Waals surface area contributed by atoms with E-state index < -0.39 is 0 Å². The van der Waals surface area contributed by atoms with Crippen LogP contribution in [0.3, 0.4) is 0 Å². The van der Waals surface area contributed by atoms with Crippen LogP contribution in [-0.2, 0) is 0 Å². The monoisotopic (exact) mass is 245 g/mol. The minimum absolute atomic E-state index is 0.0190. The average molecular weight is 245 g/mol. The molecule has 0 saturated heterocycles. The Kier molecular flexibility index (Phi) is 3.14. The lowest BCUT2D eigenvalue weighted by molar-refractivity contribution is 0.0941. The second-order valence-corrected chi connectivity index (χ2v) is 4.47. The Morgan fingerprint density at radius 1 is 1.39 bits per heavy atom. The first-order valence-corrected chi connectivity index (χ1v) is 5.79. The van der Waals surface area contributed by atoms with Crippen molar-refractivity contribution in [3.63, 3.8) is 0 Å². The zero-order chi connectivity index (χ0) is 13.3. The predicted molar refractivity (Wildman–Crippen MR) is 68.8 cm³/mol. The maximum atomic E-state index is 12.2. The van der Waals surface area contributed by atoms with Crippen LogP contribution in [-0.4, -0.2) is 21.3 Å². The number of aromatic nitrogens is 2. The highest BCUT2D eigenvalue weighted by molar-refractivity contribution is 5.93. The number of pyridine rings is 1. The van der Waals surface area contributed by atoms with E-state index in [0.717, 1.165) is 5.69 Å². The van der Waals surface area contributed by atoms with Gasteiger partial charge in [-0.3, -0.25) is 14.0 Å². The van der Waals surface area contributed by atoms with E-state index in [-0.39, 0.29) is 23.1 Å². The van der Waals surface area contributed by atoms with Gasteiger partial charge in [0, 0.05) is 17.9 Å². The van der Waals surface area contributed by atoms with E-state index in [4.69, 9.17) is 0 Å². The molecule has 2 aromatic rings. The summed E-state index contributed by atoms with van der Waals surface area (Å²) in [4.78, 5) is 28.2. The Morgan fingerprint density at radius 3 is 2.78 bits per heavy atom. The fourth-order valence-electron chi connectivity index (χ4n) is 1.77. The summed E-state index contributed by atoms with van der Waals surface area (Å²) in [6.07, 6.45) is 1.33. The van der Waals surface area contributed by atoms with Crippen molar-refractivity contribution in [1.29, 1.82) is 0 Å². The maximum absolute atomic E-state index is 12.2. The number of nitrogens with one attached hydrogen (secondary N) is 1. The van der Waals surface area contributed by atoms with Gasteiger partial charge >= 0.3 is 0 Å². The van der Waals surface area contributed by atoms with Crippen LogP contribution in [0.5, 0.6) is 0 Å². The van der Waals surface area contributed by atoms with Gasteiger partial charge in [0.05, 0.1) is 0 Å². The second-order valence-electron chi connectivity index (χ2n) is 4.47. The summed E-state index contributed by atoms with van der Waals surface area (Å²) in [6, 6.07) is 5.35. The van der Waals surface area contributed by atoms with Crippen LogP contribution >= 0.6 is 0 Å². The quantitative estimate of drug-likeness (QED) is 0.863. The number of hydrogen-bond donors (Lipinski definition) is 1. The molecule has 0 aliphatic rings. The third kappa shape index (κ3) is 2.11. The SMILES string of the molecule is Cc1cccc2ncc(C(=O)NC(C)C)c(=O)n12. The topological polar surface area (TPSA) is 63.5 Å². The summed E-state index contributed by atoms with van der Waals surface area (Å²) in [5, 5.41) is 2.69. The summed E-state index contributed by atoms with van der Waals surface area (Å²) < 4.78 is 1.44. The standard InChI is InChI=1S/C13H15N3O2/c1-8(2)15-12(17)10-7-14-11-6-4-5-9(3)16(11)13(10)18/h4-8H,1-3H3,(H,15,17). The molecule has 0 unspecified atom stereocenters. The number of carbonyl (C=O) groups is 1. The van der Waals surface area contributed by atoms with Gasteiger partial charge in [-0.2, -0.15) is 0 Å². The Bertz CT molecular complexity index is 659. The molecule has 0 fully saturated rings. The van der Waals surface area contributed by atoms with Crippen LogP contribution in [0.4, 0.5) is 0 Å². The molecule has 2 heterocycles. The molecule has 2 aromatic heterocycles. The van der Waals surface area contributed by atoms with Gasteiger partial charge in [0.1, 0.15) is 11.2 Å². The molecule has 1 amide bonds. The van der Waals surface area contributed by atoms with Crippen LogP contribution in [0.25, 0.3) is 5.65 Å². The summed E-state index contributed by atoms with van der Waals surface area (Å²) in [6.45, 7) is 5.49. The van der Waals surface area contributed by atoms with Gasteiger partial charge in [-0.1, -0.05) is 6.07 Å². The Labute approximate surface area is 104 Å². The Morgan fingerprint density at radius 2 is 2.11 bits per heavy atom. The molecule has 18 heavy (non-hydrogen) atoms. The van der Waals surface area contributed by atoms with Crippen molar-refractivity contribution in [2.45, 2.75) is 26.8 Å². The highest BCUT2D eigenvalue weighted by Crippen LogP contribution is 2.02. The summed E-state index contributed by atoms with van der Waals surface area (Å²) in [5.74, 6) is -0.389. The minimum atomic E-state index is -0.389. The van der Waals surface area contributed by atoms with Crippen LogP contribution in [0.2, 0.25) is 0 Å². The highest BCUT2D eigenvalue weighted by atomic mass is 16.2. The summed E-state index contributed by atoms with van der Waals surface area (Å²) in [5.41, 5.74) is 1.03. The van der Waals surface area contributed by atoms with Gasteiger partial charge in [0.2, 0.25) is 0 Å². The molecule has 0 aliphatic carbocycles. The van der Waals surface area contributed by atoms with Crippen molar-refractivity contribution in [3.8, 4) is 0 Å². The van der Waals surface area contributed by atoms with Crippen LogP contribution < -0.4 is 10.9 Å². The molecule has 0 aromatic carbocycles. The largest absolute Gasteiger partial charge is 0.350 e. The molecule has 0 saturated carbocycles. The number of rotatable bonds is 2. The lowest BCUT2D eigenvalue weighted by atomic mass is 10.2. The minimum Gasteiger partial charge on any atom is -0.350 e. The van der Waals surface area contributed by atoms with E-state index in [9.17, 15) is 9.59 Å². The molecular weight excluding hydrogens is 230 g/mol. The molecule has 2 rings (SSSR count). The molecule has 0 radical (unpaired) electrons. The first kappa shape index (κ1) is 12.3. The first-order valence-electron chi connectivity index (χ1n) is 5.79. The molecule has 5 nitrogen and oxygen atoms in total. The molecule has 0 aliphatic heterocycles. The normalized spacial score (nSPS) is 10.9. The molecule has 0 bridgehead atoms. The van der Waals surface area contributed by atoms with Crippen molar-refractivity contribution in [1.82, 2.24) is 14.7 Å². The van der Waals surface area contributed by atoms with Crippen molar-refractivity contribution >= 4 is 11.6 Å². The number of nitrogens with zero attached hydrogens (tertiary/aromatic N) is 2. The van der Waals surface area contributed by atoms with Crippen LogP contribution in [0.1, 0.15) is 29.9 Å². The Balaban J connectivity index is 2.62. The van der Waals surface area contributed by atoms with Gasteiger partial charge in [-0.25, -0.2) is 4.98 Å². The molecule has 5 heteroatoms. The molecule has 94 valence electrons. The number of amides is 1. The van der Waals surface area contributed by atoms with E-state index in [0.29, 0.717) is 5.65 Å². The molecule has 0 atom stereocenters. The fourth-order valence-corrected chi connectivity index (χ4v) is 1.77. The van der Waals surface area contributed by atoms with Gasteiger partial charge in [-0.05, 0) is 32.9 Å². The van der Waals surface area contributed by atoms with E-state index in [2.05, 4.69) is 10.3 Å². The highest BCUT2D eigenvalue weighted by Gasteiger charge is 2.14. The fraction of sp³-hybridized carbons (Fsp3) is 0.308. The van der Waals surface area contributed by atoms with Crippen molar-refractivity contribution < 1.29 is 4.79 Å². The van der Waals surface area contributed by atoms with Gasteiger partial charge in [0.15, 0.2) is 0 Å². The van der Waals surface area contributed by atoms with E-state index in [1.54, 1.807) is 19.1 Å². The number of fused-ring (bicyclic) bond motifs is 1. The number of carbonyl (C=O) groups excluding carboxylic acids is 1. The summed E-state index contributed by atoms with van der Waals surface area (Å²) >= 11 is 0. The predicted octanol–water partition coefficient (Wildman–Crippen LogP) is 1.14. The van der Waals surface area contributed by atoms with Crippen molar-refractivity contribution in [2.24, 2.45) is 0 Å². The van der Waals surface area contributed by atoms with Gasteiger partial charge in [-0.15, -0.1) is 0 Å². The molecule has 1 N–H and O–H groups in total. The second kappa shape index (κ2) is 4.60. The number of hydrogen-bond acceptors (Lipinski definition) is 3. The molecular formula is C13H15N3O2. The van der Waals surface area contributed by atoms with E-state index in [1.165, 1.54) is 10.6 Å². The van der Waals surface area contributed by atoms with Crippen LogP contribution in [0, 0.1) is 6.92 Å². The van der Waals surface area contributed by atoms with E-state index in [1.807, 2.05) is 19.9 Å². The van der Waals surface area contributed by atoms with Crippen molar-refractivity contribution in [2.75, 3.05) is 0 Å². The summed E-state index contributed by atoms with van der Waals surface area (Å²) in [7, 11) is 0. The molecule has 0 spiro atoms. The number of aryl methyl sites for hydroxylation is 1. The van der Waals surface area contributed by atoms with Crippen LogP contribution in [0.15, 0.2) is 29.2 Å². The average Bonchev–Trinajstić information content (AvgIpc) is 2.28.